The van der Waals surface area contributed by atoms with Crippen molar-refractivity contribution in [2.45, 2.75) is 32.3 Å². The highest BCUT2D eigenvalue weighted by Crippen LogP contribution is 2.43. The molecule has 0 atom stereocenters. The highest BCUT2D eigenvalue weighted by Gasteiger charge is 2.44. The highest BCUT2D eigenvalue weighted by atomic mass is 19.4. The van der Waals surface area contributed by atoms with Crippen molar-refractivity contribution in [2.75, 3.05) is 0 Å². The Morgan fingerprint density at radius 1 is 0.950 bits per heavy atom. The quantitative estimate of drug-likeness (QED) is 0.723. The van der Waals surface area contributed by atoms with Gasteiger partial charge in [0.15, 0.2) is 0 Å². The third kappa shape index (κ3) is 3.73. The van der Waals surface area contributed by atoms with Crippen LogP contribution in [0.1, 0.15) is 23.6 Å². The van der Waals surface area contributed by atoms with Gasteiger partial charge in [-0.05, 0) is 24.1 Å². The van der Waals surface area contributed by atoms with E-state index < -0.39 is 35.8 Å². The lowest BCUT2D eigenvalue weighted by Crippen LogP contribution is -2.18. The molecule has 0 aliphatic rings. The first kappa shape index (κ1) is 16.5. The van der Waals surface area contributed by atoms with E-state index in [4.69, 9.17) is 0 Å². The van der Waals surface area contributed by atoms with E-state index in [2.05, 4.69) is 4.74 Å². The van der Waals surface area contributed by atoms with Crippen molar-refractivity contribution < 1.29 is 39.9 Å². The minimum atomic E-state index is -5.34. The van der Waals surface area contributed by atoms with Gasteiger partial charge in [-0.3, -0.25) is 0 Å². The Kier molecular flexibility index (Phi) is 4.50. The van der Waals surface area contributed by atoms with E-state index in [1.807, 2.05) is 0 Å². The van der Waals surface area contributed by atoms with Crippen LogP contribution in [0.25, 0.3) is 0 Å². The minimum absolute atomic E-state index is 0.0478. The number of halogens is 8. The van der Waals surface area contributed by atoms with Crippen LogP contribution in [0.3, 0.4) is 0 Å². The van der Waals surface area contributed by atoms with Crippen LogP contribution in [0.2, 0.25) is 0 Å². The van der Waals surface area contributed by atoms with E-state index in [1.54, 1.807) is 0 Å². The van der Waals surface area contributed by atoms with Crippen molar-refractivity contribution in [3.05, 3.63) is 28.8 Å². The summed E-state index contributed by atoms with van der Waals surface area (Å²) in [4.78, 5) is 0. The van der Waals surface area contributed by atoms with Gasteiger partial charge >= 0.3 is 19.0 Å². The van der Waals surface area contributed by atoms with Crippen molar-refractivity contribution in [1.82, 2.24) is 0 Å². The van der Waals surface area contributed by atoms with Crippen molar-refractivity contribution in [3.8, 4) is 5.75 Å². The van der Waals surface area contributed by atoms with E-state index in [0.717, 1.165) is 0 Å². The minimum Gasteiger partial charge on any atom is -0.435 e. The Labute approximate surface area is 108 Å². The molecule has 0 N–H and O–H groups in total. The van der Waals surface area contributed by atoms with Gasteiger partial charge in [0.1, 0.15) is 5.75 Å². The molecule has 0 radical (unpaired) electrons. The first-order chi connectivity index (χ1) is 8.96. The van der Waals surface area contributed by atoms with Crippen molar-refractivity contribution in [3.63, 3.8) is 0 Å². The van der Waals surface area contributed by atoms with Crippen LogP contribution in [-0.4, -0.2) is 6.61 Å². The topological polar surface area (TPSA) is 9.23 Å². The first-order valence-corrected chi connectivity index (χ1v) is 5.23. The monoisotopic (exact) mass is 308 g/mol. The normalized spacial score (nSPS) is 12.9. The molecule has 0 fully saturated rings. The highest BCUT2D eigenvalue weighted by molar-refractivity contribution is 5.45. The summed E-state index contributed by atoms with van der Waals surface area (Å²) in [5, 5.41) is 0. The lowest BCUT2D eigenvalue weighted by molar-refractivity contribution is -0.162. The summed E-state index contributed by atoms with van der Waals surface area (Å²) in [6.07, 6.45) is -10.8. The largest absolute Gasteiger partial charge is 0.435 e. The summed E-state index contributed by atoms with van der Waals surface area (Å²) >= 11 is 0. The molecule has 0 bridgehead atoms. The second-order valence-electron chi connectivity index (χ2n) is 3.73. The fourth-order valence-corrected chi connectivity index (χ4v) is 1.58. The lowest BCUT2D eigenvalue weighted by Gasteiger charge is -2.19. The van der Waals surface area contributed by atoms with E-state index in [9.17, 15) is 35.1 Å². The molecule has 0 unspecified atom stereocenters. The Hall–Kier alpha value is -1.54. The molecule has 0 heterocycles. The van der Waals surface area contributed by atoms with Crippen LogP contribution in [0, 0.1) is 0 Å². The molecule has 0 aliphatic carbocycles. The molecular weight excluding hydrogens is 300 g/mol. The fraction of sp³-hybridized carbons (Fsp3) is 0.455. The van der Waals surface area contributed by atoms with E-state index in [0.29, 0.717) is 0 Å². The second kappa shape index (κ2) is 5.45. The van der Waals surface area contributed by atoms with Crippen LogP contribution in [0.15, 0.2) is 12.1 Å². The standard InChI is InChI=1S/C11H8F8O/c1-2-5-3-6(10(14,15)16)7(11(17,18)19)4-8(5)20-9(12)13/h3-4,9H,2H2,1H3. The molecule has 1 aromatic rings. The number of hydrogen-bond donors (Lipinski definition) is 0. The Morgan fingerprint density at radius 2 is 1.40 bits per heavy atom. The van der Waals surface area contributed by atoms with Crippen molar-refractivity contribution in [2.24, 2.45) is 0 Å². The van der Waals surface area contributed by atoms with Gasteiger partial charge in [0.05, 0.1) is 11.1 Å². The average Bonchev–Trinajstić information content (AvgIpc) is 2.24. The molecule has 0 amide bonds. The summed E-state index contributed by atoms with van der Waals surface area (Å²) < 4.78 is 104. The van der Waals surface area contributed by atoms with E-state index >= 15 is 0 Å². The zero-order valence-corrected chi connectivity index (χ0v) is 9.87. The van der Waals surface area contributed by atoms with Crippen LogP contribution < -0.4 is 4.74 Å². The smallest absolute Gasteiger partial charge is 0.417 e. The SMILES string of the molecule is CCc1cc(C(F)(F)F)c(C(F)(F)F)cc1OC(F)F. The maximum atomic E-state index is 12.6. The van der Waals surface area contributed by atoms with Gasteiger partial charge < -0.3 is 4.74 Å². The van der Waals surface area contributed by atoms with Gasteiger partial charge in [0.25, 0.3) is 0 Å². The van der Waals surface area contributed by atoms with Crippen LogP contribution >= 0.6 is 0 Å². The number of hydrogen-bond acceptors (Lipinski definition) is 1. The molecule has 114 valence electrons. The number of rotatable bonds is 3. The molecule has 0 aliphatic heterocycles. The van der Waals surface area contributed by atoms with Crippen molar-refractivity contribution in [1.29, 1.82) is 0 Å². The summed E-state index contributed by atoms with van der Waals surface area (Å²) in [5.41, 5.74) is -4.37. The third-order valence-electron chi connectivity index (χ3n) is 2.41. The predicted octanol–water partition coefficient (Wildman–Crippen LogP) is 4.89. The summed E-state index contributed by atoms with van der Waals surface area (Å²) in [5.74, 6) is -0.914. The summed E-state index contributed by atoms with van der Waals surface area (Å²) in [6, 6.07) is 0.133. The molecule has 0 saturated carbocycles. The third-order valence-corrected chi connectivity index (χ3v) is 2.41. The first-order valence-electron chi connectivity index (χ1n) is 5.23. The maximum absolute atomic E-state index is 12.6. The number of ether oxygens (including phenoxy) is 1. The van der Waals surface area contributed by atoms with Crippen LogP contribution in [0.4, 0.5) is 35.1 Å². The molecule has 1 nitrogen and oxygen atoms in total. The maximum Gasteiger partial charge on any atom is 0.417 e. The average molecular weight is 308 g/mol. The number of alkyl halides is 8. The Morgan fingerprint density at radius 3 is 1.75 bits per heavy atom. The Bertz CT molecular complexity index is 475. The van der Waals surface area contributed by atoms with E-state index in [1.165, 1.54) is 6.92 Å². The van der Waals surface area contributed by atoms with Gasteiger partial charge in [-0.15, -0.1) is 0 Å². The molecule has 1 rings (SSSR count). The van der Waals surface area contributed by atoms with Crippen molar-refractivity contribution >= 4 is 0 Å². The molecule has 0 aromatic heterocycles. The second-order valence-corrected chi connectivity index (χ2v) is 3.73. The van der Waals surface area contributed by atoms with Gasteiger partial charge in [-0.1, -0.05) is 6.92 Å². The number of aryl methyl sites for hydroxylation is 1. The van der Waals surface area contributed by atoms with Crippen LogP contribution in [0.5, 0.6) is 5.75 Å². The molecule has 0 saturated heterocycles. The predicted molar refractivity (Wildman–Crippen MR) is 52.5 cm³/mol. The zero-order valence-electron chi connectivity index (χ0n) is 9.87. The fourth-order valence-electron chi connectivity index (χ4n) is 1.58. The summed E-state index contributed by atoms with van der Waals surface area (Å²) in [7, 11) is 0. The summed E-state index contributed by atoms with van der Waals surface area (Å²) in [6.45, 7) is -2.13. The van der Waals surface area contributed by atoms with Gasteiger partial charge in [0.2, 0.25) is 0 Å². The van der Waals surface area contributed by atoms with E-state index in [-0.39, 0.29) is 24.1 Å². The van der Waals surface area contributed by atoms with Crippen LogP contribution in [-0.2, 0) is 18.8 Å². The molecule has 20 heavy (non-hydrogen) atoms. The molecule has 9 heteroatoms. The van der Waals surface area contributed by atoms with Gasteiger partial charge in [-0.25, -0.2) is 0 Å². The molecule has 1 aromatic carbocycles. The molecule has 0 spiro atoms. The zero-order chi connectivity index (χ0) is 15.7. The van der Waals surface area contributed by atoms with Gasteiger partial charge in [0, 0.05) is 0 Å². The van der Waals surface area contributed by atoms with Gasteiger partial charge in [-0.2, -0.15) is 35.1 Å². The Balaban J connectivity index is 3.53. The lowest BCUT2D eigenvalue weighted by atomic mass is 10.0. The molecular formula is C11H8F8O. The number of benzene rings is 1.